The Hall–Kier alpha value is -0.860. The summed E-state index contributed by atoms with van der Waals surface area (Å²) in [5.41, 5.74) is 0. The molecule has 0 spiro atoms. The number of carbonyl (C=O) groups is 1. The predicted octanol–water partition coefficient (Wildman–Crippen LogP) is 1.59. The van der Waals surface area contributed by atoms with Crippen molar-refractivity contribution in [3.63, 3.8) is 0 Å². The summed E-state index contributed by atoms with van der Waals surface area (Å²) in [5, 5.41) is 2.65. The first-order valence-electron chi connectivity index (χ1n) is 3.57. The first-order chi connectivity index (χ1) is 4.81. The normalized spacial score (nSPS) is 10.2. The molecular weight excluding hydrogens is 128 g/mol. The van der Waals surface area contributed by atoms with E-state index in [-0.39, 0.29) is 6.03 Å². The molecule has 0 bridgehead atoms. The van der Waals surface area contributed by atoms with Gasteiger partial charge in [-0.3, -0.25) is 0 Å². The Morgan fingerprint density at radius 2 is 2.40 bits per heavy atom. The molecule has 3 nitrogen and oxygen atoms in total. The zero-order chi connectivity index (χ0) is 7.82. The zero-order valence-corrected chi connectivity index (χ0v) is 6.55. The van der Waals surface area contributed by atoms with Gasteiger partial charge < -0.3 is 5.32 Å². The molecule has 0 unspecified atom stereocenters. The average molecular weight is 142 g/mol. The van der Waals surface area contributed by atoms with E-state index in [1.165, 1.54) is 6.21 Å². The van der Waals surface area contributed by atoms with Crippen molar-refractivity contribution in [2.45, 2.75) is 26.7 Å². The van der Waals surface area contributed by atoms with Crippen LogP contribution >= 0.6 is 0 Å². The fourth-order valence-electron chi connectivity index (χ4n) is 0.535. The maximum absolute atomic E-state index is 10.6. The van der Waals surface area contributed by atoms with E-state index in [0.717, 1.165) is 19.4 Å². The standard InChI is InChI=1S/C7H14N2O/c1-3-5-6-9-7(10)8-4-2/h4H,3,5-6H2,1-2H3,(H,9,10). The summed E-state index contributed by atoms with van der Waals surface area (Å²) in [6.07, 6.45) is 3.60. The lowest BCUT2D eigenvalue weighted by molar-refractivity contribution is 0.249. The van der Waals surface area contributed by atoms with Crippen molar-refractivity contribution in [3.05, 3.63) is 0 Å². The van der Waals surface area contributed by atoms with Gasteiger partial charge in [0.25, 0.3) is 0 Å². The number of nitrogens with zero attached hydrogens (tertiary/aromatic N) is 1. The third kappa shape index (κ3) is 5.28. The summed E-state index contributed by atoms with van der Waals surface area (Å²) in [4.78, 5) is 14.1. The number of unbranched alkanes of at least 4 members (excludes halogenated alkanes) is 1. The summed E-state index contributed by atoms with van der Waals surface area (Å²) in [6.45, 7) is 4.53. The molecule has 3 heteroatoms. The van der Waals surface area contributed by atoms with E-state index in [1.54, 1.807) is 6.92 Å². The molecule has 0 aromatic carbocycles. The number of amides is 2. The molecule has 58 valence electrons. The summed E-state index contributed by atoms with van der Waals surface area (Å²) >= 11 is 0. The fourth-order valence-corrected chi connectivity index (χ4v) is 0.535. The molecule has 2 amide bonds. The van der Waals surface area contributed by atoms with Crippen molar-refractivity contribution in [1.29, 1.82) is 0 Å². The summed E-state index contributed by atoms with van der Waals surface area (Å²) in [7, 11) is 0. The van der Waals surface area contributed by atoms with Gasteiger partial charge in [0.05, 0.1) is 0 Å². The lowest BCUT2D eigenvalue weighted by Gasteiger charge is -1.96. The van der Waals surface area contributed by atoms with Crippen molar-refractivity contribution < 1.29 is 4.79 Å². The first-order valence-corrected chi connectivity index (χ1v) is 3.57. The topological polar surface area (TPSA) is 41.5 Å². The Morgan fingerprint density at radius 1 is 1.70 bits per heavy atom. The molecule has 0 aliphatic carbocycles. The second kappa shape index (κ2) is 6.26. The lowest BCUT2D eigenvalue weighted by Crippen LogP contribution is -2.20. The molecule has 0 saturated heterocycles. The molecule has 0 aromatic rings. The van der Waals surface area contributed by atoms with Gasteiger partial charge >= 0.3 is 6.03 Å². The Morgan fingerprint density at radius 3 is 2.90 bits per heavy atom. The molecule has 0 heterocycles. The quantitative estimate of drug-likeness (QED) is 0.472. The van der Waals surface area contributed by atoms with Crippen molar-refractivity contribution in [3.8, 4) is 0 Å². The van der Waals surface area contributed by atoms with Crippen LogP contribution in [0, 0.1) is 0 Å². The minimum absolute atomic E-state index is 0.240. The van der Waals surface area contributed by atoms with Crippen LogP contribution in [-0.2, 0) is 0 Å². The Bertz CT molecular complexity index is 121. The van der Waals surface area contributed by atoms with Crippen LogP contribution in [0.15, 0.2) is 4.99 Å². The van der Waals surface area contributed by atoms with Gasteiger partial charge in [-0.15, -0.1) is 0 Å². The zero-order valence-electron chi connectivity index (χ0n) is 6.55. The average Bonchev–Trinajstić information content (AvgIpc) is 1.89. The third-order valence-corrected chi connectivity index (χ3v) is 1.05. The Labute approximate surface area is 61.5 Å². The minimum Gasteiger partial charge on any atom is -0.336 e. The van der Waals surface area contributed by atoms with Gasteiger partial charge in [-0.2, -0.15) is 0 Å². The molecule has 0 rings (SSSR count). The van der Waals surface area contributed by atoms with E-state index in [9.17, 15) is 4.79 Å². The Balaban J connectivity index is 3.22. The van der Waals surface area contributed by atoms with Crippen LogP contribution in [0.3, 0.4) is 0 Å². The van der Waals surface area contributed by atoms with Crippen molar-refractivity contribution in [2.75, 3.05) is 6.54 Å². The van der Waals surface area contributed by atoms with Crippen LogP contribution < -0.4 is 5.32 Å². The highest BCUT2D eigenvalue weighted by atomic mass is 16.2. The number of hydrogen-bond acceptors (Lipinski definition) is 1. The first kappa shape index (κ1) is 9.14. The van der Waals surface area contributed by atoms with Gasteiger partial charge in [0.1, 0.15) is 0 Å². The predicted molar refractivity (Wildman–Crippen MR) is 42.5 cm³/mol. The highest BCUT2D eigenvalue weighted by Crippen LogP contribution is 1.82. The molecule has 0 aliphatic rings. The second-order valence-electron chi connectivity index (χ2n) is 1.97. The summed E-state index contributed by atoms with van der Waals surface area (Å²) < 4.78 is 0. The lowest BCUT2D eigenvalue weighted by atomic mass is 10.3. The maximum atomic E-state index is 10.6. The molecule has 0 fully saturated rings. The van der Waals surface area contributed by atoms with Crippen LogP contribution in [0.25, 0.3) is 0 Å². The molecule has 1 N–H and O–H groups in total. The maximum Gasteiger partial charge on any atom is 0.340 e. The van der Waals surface area contributed by atoms with E-state index in [0.29, 0.717) is 0 Å². The number of nitrogens with one attached hydrogen (secondary N) is 1. The largest absolute Gasteiger partial charge is 0.340 e. The van der Waals surface area contributed by atoms with E-state index in [4.69, 9.17) is 0 Å². The van der Waals surface area contributed by atoms with Crippen LogP contribution in [0.4, 0.5) is 4.79 Å². The van der Waals surface area contributed by atoms with E-state index >= 15 is 0 Å². The van der Waals surface area contributed by atoms with Gasteiger partial charge in [0.15, 0.2) is 0 Å². The third-order valence-electron chi connectivity index (χ3n) is 1.05. The molecule has 10 heavy (non-hydrogen) atoms. The van der Waals surface area contributed by atoms with E-state index in [1.807, 2.05) is 0 Å². The van der Waals surface area contributed by atoms with Crippen LogP contribution in [0.1, 0.15) is 26.7 Å². The number of rotatable bonds is 3. The van der Waals surface area contributed by atoms with Gasteiger partial charge in [-0.25, -0.2) is 9.79 Å². The Kier molecular flexibility index (Phi) is 5.72. The number of aliphatic imine (C=N–C) groups is 1. The molecular formula is C7H14N2O. The highest BCUT2D eigenvalue weighted by molar-refractivity contribution is 5.82. The van der Waals surface area contributed by atoms with Crippen LogP contribution in [0.5, 0.6) is 0 Å². The van der Waals surface area contributed by atoms with Gasteiger partial charge in [-0.1, -0.05) is 13.3 Å². The highest BCUT2D eigenvalue weighted by Gasteiger charge is 1.91. The van der Waals surface area contributed by atoms with E-state index in [2.05, 4.69) is 17.2 Å². The smallest absolute Gasteiger partial charge is 0.336 e. The monoisotopic (exact) mass is 142 g/mol. The summed E-state index contributed by atoms with van der Waals surface area (Å²) in [5.74, 6) is 0. The number of carbonyl (C=O) groups excluding carboxylic acids is 1. The van der Waals surface area contributed by atoms with Crippen molar-refractivity contribution in [1.82, 2.24) is 5.32 Å². The van der Waals surface area contributed by atoms with Gasteiger partial charge in [0.2, 0.25) is 0 Å². The molecule has 0 aliphatic heterocycles. The van der Waals surface area contributed by atoms with Crippen molar-refractivity contribution in [2.24, 2.45) is 4.99 Å². The van der Waals surface area contributed by atoms with Gasteiger partial charge in [0, 0.05) is 12.8 Å². The molecule has 0 radical (unpaired) electrons. The number of urea groups is 1. The van der Waals surface area contributed by atoms with Crippen molar-refractivity contribution >= 4 is 12.2 Å². The van der Waals surface area contributed by atoms with Crippen LogP contribution in [-0.4, -0.2) is 18.8 Å². The fraction of sp³-hybridized carbons (Fsp3) is 0.714. The second-order valence-corrected chi connectivity index (χ2v) is 1.97. The van der Waals surface area contributed by atoms with Crippen LogP contribution in [0.2, 0.25) is 0 Å². The summed E-state index contributed by atoms with van der Waals surface area (Å²) in [6, 6.07) is -0.240. The van der Waals surface area contributed by atoms with Gasteiger partial charge in [-0.05, 0) is 13.3 Å². The number of hydrogen-bond donors (Lipinski definition) is 1. The molecule has 0 aromatic heterocycles. The minimum atomic E-state index is -0.240. The van der Waals surface area contributed by atoms with E-state index < -0.39 is 0 Å². The molecule has 0 atom stereocenters. The molecule has 0 saturated carbocycles. The SMILES string of the molecule is CC=NC(=O)NCCCC.